The van der Waals surface area contributed by atoms with Gasteiger partial charge in [0.25, 0.3) is 0 Å². The molecule has 32 valence electrons. The molecule has 0 fully saturated rings. The normalized spacial score (nSPS) is 11.8. The lowest BCUT2D eigenvalue weighted by atomic mass is 16.0. The maximum absolute atomic E-state index is 9.66. The molecule has 0 atom stereocenters. The summed E-state index contributed by atoms with van der Waals surface area (Å²) in [5.74, 6) is 0. The van der Waals surface area contributed by atoms with E-state index in [1.165, 1.54) is 0 Å². The second-order valence-corrected chi connectivity index (χ2v) is 10.0. The summed E-state index contributed by atoms with van der Waals surface area (Å²) in [6.45, 7) is 0. The highest BCUT2D eigenvalue weighted by Crippen LogP contribution is 2.63. The lowest BCUT2D eigenvalue weighted by Crippen LogP contribution is -1.18. The van der Waals surface area contributed by atoms with Crippen molar-refractivity contribution >= 4 is 42.5 Å². The Kier molecular flexibility index (Phi) is 2.30. The summed E-state index contributed by atoms with van der Waals surface area (Å²) in [5, 5.41) is 0. The van der Waals surface area contributed by atoms with E-state index in [9.17, 15) is 4.57 Å². The van der Waals surface area contributed by atoms with Gasteiger partial charge in [0.1, 0.15) is 0 Å². The van der Waals surface area contributed by atoms with Gasteiger partial charge >= 0.3 is 4.55 Å². The fraction of sp³-hybridized carbons (Fsp3) is 0. The van der Waals surface area contributed by atoms with Gasteiger partial charge in [0.05, 0.1) is 0 Å². The van der Waals surface area contributed by atoms with E-state index in [0.29, 0.717) is 0 Å². The standard InChI is InChI=1S/BrCl2OP/c1-5(2,3)4. The van der Waals surface area contributed by atoms with Crippen molar-refractivity contribution in [1.29, 1.82) is 0 Å². The van der Waals surface area contributed by atoms with E-state index in [1.54, 1.807) is 0 Å². The highest BCUT2D eigenvalue weighted by Gasteiger charge is 2.01. The monoisotopic (exact) mass is 196 g/mol. The third kappa shape index (κ3) is 34.4. The summed E-state index contributed by atoms with van der Waals surface area (Å²) < 4.78 is 6.78. The molecule has 5 heteroatoms. The van der Waals surface area contributed by atoms with Crippen molar-refractivity contribution in [3.05, 3.63) is 0 Å². The summed E-state index contributed by atoms with van der Waals surface area (Å²) in [5.41, 5.74) is 0. The Bertz CT molecular complexity index is 55.8. The molecule has 0 amide bonds. The van der Waals surface area contributed by atoms with Crippen LogP contribution in [0.15, 0.2) is 0 Å². The summed E-state index contributed by atoms with van der Waals surface area (Å²) in [6, 6.07) is 0. The van der Waals surface area contributed by atoms with E-state index in [2.05, 4.69) is 15.5 Å². The molecular formula is BrCl2OP. The van der Waals surface area contributed by atoms with Crippen molar-refractivity contribution in [1.82, 2.24) is 0 Å². The van der Waals surface area contributed by atoms with Crippen LogP contribution in [0.5, 0.6) is 0 Å². The van der Waals surface area contributed by atoms with E-state index in [1.807, 2.05) is 0 Å². The van der Waals surface area contributed by atoms with Crippen molar-refractivity contribution in [2.75, 3.05) is 0 Å². The average molecular weight is 198 g/mol. The van der Waals surface area contributed by atoms with Gasteiger partial charge in [0, 0.05) is 15.5 Å². The van der Waals surface area contributed by atoms with Crippen LogP contribution in [0.25, 0.3) is 0 Å². The Morgan fingerprint density at radius 1 is 1.60 bits per heavy atom. The van der Waals surface area contributed by atoms with Crippen molar-refractivity contribution in [2.45, 2.75) is 0 Å². The zero-order chi connectivity index (χ0) is 4.50. The van der Waals surface area contributed by atoms with Gasteiger partial charge in [-0.2, -0.15) is 0 Å². The van der Waals surface area contributed by atoms with E-state index < -0.39 is 4.55 Å². The highest BCUT2D eigenvalue weighted by atomic mass is 79.9. The second kappa shape index (κ2) is 1.83. The molecule has 0 aliphatic heterocycles. The molecule has 0 aromatic carbocycles. The molecule has 1 nitrogen and oxygen atoms in total. The first-order chi connectivity index (χ1) is 2.00. The molecule has 0 saturated carbocycles. The van der Waals surface area contributed by atoms with Crippen LogP contribution >= 0.6 is 42.5 Å². The third-order valence-corrected chi connectivity index (χ3v) is 0. The maximum Gasteiger partial charge on any atom is 0.315 e. The summed E-state index contributed by atoms with van der Waals surface area (Å²) in [7, 11) is 0. The first-order valence-electron chi connectivity index (χ1n) is 0.690. The SMILES string of the molecule is O=P(Cl)(Cl)Br. The molecule has 0 aliphatic rings. The smallest absolute Gasteiger partial charge is 0.277 e. The van der Waals surface area contributed by atoms with Crippen LogP contribution in [0.1, 0.15) is 0 Å². The zero-order valence-corrected chi connectivity index (χ0v) is 5.98. The average Bonchev–Trinajstić information content (AvgIpc) is 0.722. The minimum absolute atomic E-state index is 2.46. The zero-order valence-electron chi connectivity index (χ0n) is 1.99. The predicted octanol–water partition coefficient (Wildman–Crippen LogP) is 2.97. The predicted molar refractivity (Wildman–Crippen MR) is 28.2 cm³/mol. The van der Waals surface area contributed by atoms with Crippen LogP contribution < -0.4 is 0 Å². The molecule has 0 aliphatic carbocycles. The largest absolute Gasteiger partial charge is 0.315 e. The molecular weight excluding hydrogens is 198 g/mol. The van der Waals surface area contributed by atoms with Gasteiger partial charge in [-0.15, -0.1) is 0 Å². The molecule has 0 spiro atoms. The molecule has 0 N–H and O–H groups in total. The summed E-state index contributed by atoms with van der Waals surface area (Å²) >= 11 is 12.0. The van der Waals surface area contributed by atoms with Gasteiger partial charge in [-0.3, -0.25) is 4.57 Å². The number of rotatable bonds is 0. The van der Waals surface area contributed by atoms with Crippen molar-refractivity contribution < 1.29 is 4.57 Å². The first-order valence-corrected chi connectivity index (χ1v) is 6.23. The van der Waals surface area contributed by atoms with E-state index >= 15 is 0 Å². The fourth-order valence-corrected chi connectivity index (χ4v) is 0. The minimum atomic E-state index is -2.88. The van der Waals surface area contributed by atoms with Crippen LogP contribution in [0.4, 0.5) is 0 Å². The fourth-order valence-electron chi connectivity index (χ4n) is 0. The topological polar surface area (TPSA) is 17.1 Å². The molecule has 0 radical (unpaired) electrons. The molecule has 0 heterocycles. The molecule has 0 unspecified atom stereocenters. The Hall–Kier alpha value is 1.29. The summed E-state index contributed by atoms with van der Waals surface area (Å²) in [6.07, 6.45) is 0. The number of hydrogen-bond donors (Lipinski definition) is 0. The Morgan fingerprint density at radius 2 is 1.60 bits per heavy atom. The minimum Gasteiger partial charge on any atom is -0.277 e. The van der Waals surface area contributed by atoms with Crippen LogP contribution in [-0.2, 0) is 4.57 Å². The Labute approximate surface area is 47.3 Å². The van der Waals surface area contributed by atoms with Gasteiger partial charge in [0.2, 0.25) is 0 Å². The molecule has 0 bridgehead atoms. The quantitative estimate of drug-likeness (QED) is 0.546. The lowest BCUT2D eigenvalue weighted by Gasteiger charge is -1.75. The van der Waals surface area contributed by atoms with Gasteiger partial charge in [-0.25, -0.2) is 0 Å². The van der Waals surface area contributed by atoms with Crippen molar-refractivity contribution in [3.63, 3.8) is 0 Å². The van der Waals surface area contributed by atoms with Crippen molar-refractivity contribution in [2.24, 2.45) is 0 Å². The number of halogens is 3. The van der Waals surface area contributed by atoms with E-state index in [0.717, 1.165) is 0 Å². The first kappa shape index (κ1) is 6.29. The molecule has 0 saturated heterocycles. The van der Waals surface area contributed by atoms with Gasteiger partial charge in [0.15, 0.2) is 0 Å². The van der Waals surface area contributed by atoms with E-state index in [4.69, 9.17) is 22.5 Å². The van der Waals surface area contributed by atoms with Crippen molar-refractivity contribution in [3.8, 4) is 0 Å². The number of hydrogen-bond acceptors (Lipinski definition) is 1. The van der Waals surface area contributed by atoms with E-state index in [-0.39, 0.29) is 0 Å². The van der Waals surface area contributed by atoms with Crippen LogP contribution in [0.2, 0.25) is 0 Å². The van der Waals surface area contributed by atoms with Crippen LogP contribution in [0, 0.1) is 0 Å². The second-order valence-electron chi connectivity index (χ2n) is 0.399. The summed E-state index contributed by atoms with van der Waals surface area (Å²) in [4.78, 5) is 0. The van der Waals surface area contributed by atoms with Gasteiger partial charge in [-0.05, 0) is 22.5 Å². The third-order valence-electron chi connectivity index (χ3n) is 0. The molecule has 0 aromatic rings. The molecule has 0 aromatic heterocycles. The molecule has 5 heavy (non-hydrogen) atoms. The molecule has 0 rings (SSSR count). The Balaban J connectivity index is 3.47. The maximum atomic E-state index is 9.66. The highest BCUT2D eigenvalue weighted by molar-refractivity contribution is 9.45. The van der Waals surface area contributed by atoms with Crippen LogP contribution in [0.3, 0.4) is 0 Å². The van der Waals surface area contributed by atoms with Crippen LogP contribution in [-0.4, -0.2) is 0 Å². The van der Waals surface area contributed by atoms with Gasteiger partial charge in [-0.1, -0.05) is 0 Å². The lowest BCUT2D eigenvalue weighted by molar-refractivity contribution is 0.601. The Morgan fingerprint density at radius 3 is 1.60 bits per heavy atom. The van der Waals surface area contributed by atoms with Gasteiger partial charge < -0.3 is 0 Å².